The highest BCUT2D eigenvalue weighted by atomic mass is 16.5. The van der Waals surface area contributed by atoms with Gasteiger partial charge in [0.25, 0.3) is 0 Å². The van der Waals surface area contributed by atoms with Crippen LogP contribution in [-0.2, 0) is 11.3 Å². The lowest BCUT2D eigenvalue weighted by molar-refractivity contribution is -0.0838. The van der Waals surface area contributed by atoms with Crippen molar-refractivity contribution in [1.29, 1.82) is 0 Å². The third-order valence-corrected chi connectivity index (χ3v) is 4.87. The molecule has 0 saturated carbocycles. The molecular weight excluding hydrogens is 296 g/mol. The third-order valence-electron chi connectivity index (χ3n) is 4.87. The second kappa shape index (κ2) is 7.45. The second-order valence-corrected chi connectivity index (χ2v) is 7.23. The van der Waals surface area contributed by atoms with Gasteiger partial charge >= 0.3 is 0 Å². The van der Waals surface area contributed by atoms with Crippen molar-refractivity contribution in [2.75, 3.05) is 13.2 Å². The first-order valence-electron chi connectivity index (χ1n) is 8.96. The molecule has 1 aliphatic rings. The van der Waals surface area contributed by atoms with E-state index in [1.54, 1.807) is 0 Å². The minimum atomic E-state index is -0.00779. The lowest BCUT2D eigenvalue weighted by Gasteiger charge is -2.41. The maximum absolute atomic E-state index is 5.88. The number of nitrogens with zero attached hydrogens (tertiary/aromatic N) is 2. The van der Waals surface area contributed by atoms with Crippen LogP contribution in [0.1, 0.15) is 39.2 Å². The molecule has 24 heavy (non-hydrogen) atoms. The minimum absolute atomic E-state index is 0.00779. The predicted octanol–water partition coefficient (Wildman–Crippen LogP) is 4.53. The Labute approximate surface area is 145 Å². The van der Waals surface area contributed by atoms with Crippen molar-refractivity contribution < 1.29 is 4.74 Å². The molecule has 0 aliphatic carbocycles. The number of rotatable bonds is 5. The van der Waals surface area contributed by atoms with Crippen molar-refractivity contribution in [2.24, 2.45) is 0 Å². The molecule has 2 heterocycles. The molecule has 0 bridgehead atoms. The molecule has 1 aromatic heterocycles. The van der Waals surface area contributed by atoms with Crippen LogP contribution in [0.3, 0.4) is 0 Å². The van der Waals surface area contributed by atoms with Crippen LogP contribution in [0, 0.1) is 0 Å². The highest BCUT2D eigenvalue weighted by molar-refractivity contribution is 5.59. The monoisotopic (exact) mass is 324 g/mol. The summed E-state index contributed by atoms with van der Waals surface area (Å²) in [7, 11) is 0. The van der Waals surface area contributed by atoms with Crippen LogP contribution in [0.2, 0.25) is 0 Å². The number of pyridine rings is 1. The maximum atomic E-state index is 5.88. The van der Waals surface area contributed by atoms with Crippen molar-refractivity contribution >= 4 is 0 Å². The second-order valence-electron chi connectivity index (χ2n) is 7.23. The van der Waals surface area contributed by atoms with Crippen molar-refractivity contribution in [3.8, 4) is 11.3 Å². The minimum Gasteiger partial charge on any atom is -0.375 e. The Hall–Kier alpha value is -1.71. The summed E-state index contributed by atoms with van der Waals surface area (Å²) in [6.07, 6.45) is 4.07. The first-order chi connectivity index (χ1) is 11.6. The van der Waals surface area contributed by atoms with Crippen LogP contribution >= 0.6 is 0 Å². The summed E-state index contributed by atoms with van der Waals surface area (Å²) in [6.45, 7) is 9.57. The SMILES string of the molecule is CCN(Cc1cccc(-c2ccccn2)c1)C1CCOC(C)(C)C1. The Balaban J connectivity index is 1.74. The van der Waals surface area contributed by atoms with Gasteiger partial charge in [-0.1, -0.05) is 31.2 Å². The number of benzene rings is 1. The average molecular weight is 324 g/mol. The lowest BCUT2D eigenvalue weighted by Crippen LogP contribution is -2.45. The number of ether oxygens (including phenoxy) is 1. The Kier molecular flexibility index (Phi) is 5.32. The Morgan fingerprint density at radius 3 is 2.79 bits per heavy atom. The standard InChI is InChI=1S/C21H28N2O/c1-4-23(19-11-13-24-21(2,3)15-19)16-17-8-7-9-18(14-17)20-10-5-6-12-22-20/h5-10,12,14,19H,4,11,13,15-16H2,1-3H3. The third kappa shape index (κ3) is 4.22. The molecule has 3 nitrogen and oxygen atoms in total. The number of hydrogen-bond donors (Lipinski definition) is 0. The Morgan fingerprint density at radius 1 is 1.21 bits per heavy atom. The molecule has 1 atom stereocenters. The molecule has 0 spiro atoms. The van der Waals surface area contributed by atoms with Gasteiger partial charge in [0.2, 0.25) is 0 Å². The molecule has 1 saturated heterocycles. The van der Waals surface area contributed by atoms with Gasteiger partial charge in [0.15, 0.2) is 0 Å². The summed E-state index contributed by atoms with van der Waals surface area (Å²) in [5, 5.41) is 0. The van der Waals surface area contributed by atoms with E-state index in [9.17, 15) is 0 Å². The van der Waals surface area contributed by atoms with Crippen LogP contribution in [-0.4, -0.2) is 34.7 Å². The molecule has 1 aliphatic heterocycles. The van der Waals surface area contributed by atoms with Gasteiger partial charge in [-0.05, 0) is 57.0 Å². The molecule has 1 aromatic carbocycles. The van der Waals surface area contributed by atoms with Gasteiger partial charge in [0.05, 0.1) is 11.3 Å². The summed E-state index contributed by atoms with van der Waals surface area (Å²) >= 11 is 0. The van der Waals surface area contributed by atoms with Crippen molar-refractivity contribution in [1.82, 2.24) is 9.88 Å². The zero-order valence-electron chi connectivity index (χ0n) is 15.0. The molecule has 128 valence electrons. The van der Waals surface area contributed by atoms with Crippen molar-refractivity contribution in [3.05, 3.63) is 54.2 Å². The lowest BCUT2D eigenvalue weighted by atomic mass is 9.92. The zero-order chi connectivity index (χ0) is 17.0. The number of hydrogen-bond acceptors (Lipinski definition) is 3. The summed E-state index contributed by atoms with van der Waals surface area (Å²) in [5.74, 6) is 0. The van der Waals surface area contributed by atoms with Gasteiger partial charge in [-0.25, -0.2) is 0 Å². The average Bonchev–Trinajstić information content (AvgIpc) is 2.60. The first-order valence-corrected chi connectivity index (χ1v) is 8.96. The fourth-order valence-corrected chi connectivity index (χ4v) is 3.61. The first kappa shape index (κ1) is 17.1. The van der Waals surface area contributed by atoms with Crippen LogP contribution in [0.25, 0.3) is 11.3 Å². The van der Waals surface area contributed by atoms with Crippen LogP contribution in [0.4, 0.5) is 0 Å². The molecular formula is C21H28N2O. The Bertz CT molecular complexity index is 654. The van der Waals surface area contributed by atoms with E-state index in [0.29, 0.717) is 6.04 Å². The fraction of sp³-hybridized carbons (Fsp3) is 0.476. The van der Waals surface area contributed by atoms with E-state index in [0.717, 1.165) is 38.2 Å². The molecule has 0 radical (unpaired) electrons. The smallest absolute Gasteiger partial charge is 0.0702 e. The fourth-order valence-electron chi connectivity index (χ4n) is 3.61. The highest BCUT2D eigenvalue weighted by Crippen LogP contribution is 2.28. The van der Waals surface area contributed by atoms with Crippen molar-refractivity contribution in [2.45, 2.75) is 51.8 Å². The summed E-state index contributed by atoms with van der Waals surface area (Å²) < 4.78 is 5.88. The van der Waals surface area contributed by atoms with Gasteiger partial charge < -0.3 is 4.74 Å². The van der Waals surface area contributed by atoms with Gasteiger partial charge in [0.1, 0.15) is 0 Å². The van der Waals surface area contributed by atoms with E-state index in [2.05, 4.69) is 61.0 Å². The number of aromatic nitrogens is 1. The molecule has 0 amide bonds. The molecule has 3 rings (SSSR count). The molecule has 0 N–H and O–H groups in total. The molecule has 1 unspecified atom stereocenters. The molecule has 1 fully saturated rings. The highest BCUT2D eigenvalue weighted by Gasteiger charge is 2.31. The van der Waals surface area contributed by atoms with E-state index in [1.807, 2.05) is 18.3 Å². The van der Waals surface area contributed by atoms with E-state index in [4.69, 9.17) is 4.74 Å². The normalized spacial score (nSPS) is 20.2. The van der Waals surface area contributed by atoms with E-state index in [-0.39, 0.29) is 5.60 Å². The van der Waals surface area contributed by atoms with Crippen LogP contribution < -0.4 is 0 Å². The van der Waals surface area contributed by atoms with Gasteiger partial charge in [-0.15, -0.1) is 0 Å². The summed E-state index contributed by atoms with van der Waals surface area (Å²) in [4.78, 5) is 7.05. The largest absolute Gasteiger partial charge is 0.375 e. The van der Waals surface area contributed by atoms with Gasteiger partial charge in [-0.2, -0.15) is 0 Å². The van der Waals surface area contributed by atoms with Crippen LogP contribution in [0.5, 0.6) is 0 Å². The quantitative estimate of drug-likeness (QED) is 0.808. The van der Waals surface area contributed by atoms with E-state index < -0.39 is 0 Å². The molecule has 3 heteroatoms. The topological polar surface area (TPSA) is 25.4 Å². The Morgan fingerprint density at radius 2 is 2.08 bits per heavy atom. The van der Waals surface area contributed by atoms with Crippen molar-refractivity contribution in [3.63, 3.8) is 0 Å². The van der Waals surface area contributed by atoms with Gasteiger partial charge in [0, 0.05) is 31.0 Å². The maximum Gasteiger partial charge on any atom is 0.0702 e. The van der Waals surface area contributed by atoms with Crippen LogP contribution in [0.15, 0.2) is 48.7 Å². The van der Waals surface area contributed by atoms with Gasteiger partial charge in [-0.3, -0.25) is 9.88 Å². The summed E-state index contributed by atoms with van der Waals surface area (Å²) in [5.41, 5.74) is 3.57. The zero-order valence-corrected chi connectivity index (χ0v) is 15.0. The summed E-state index contributed by atoms with van der Waals surface area (Å²) in [6, 6.07) is 15.4. The molecule has 2 aromatic rings. The predicted molar refractivity (Wildman–Crippen MR) is 98.8 cm³/mol. The van der Waals surface area contributed by atoms with E-state index >= 15 is 0 Å². The van der Waals surface area contributed by atoms with E-state index in [1.165, 1.54) is 11.1 Å².